The van der Waals surface area contributed by atoms with Gasteiger partial charge >= 0.3 is 12.1 Å². The quantitative estimate of drug-likeness (QED) is 0.101. The average molecular weight is 832 g/mol. The summed E-state index contributed by atoms with van der Waals surface area (Å²) in [6, 6.07) is 2.55. The molecule has 0 spiro atoms. The van der Waals surface area contributed by atoms with Crippen LogP contribution in [-0.2, 0) is 33.3 Å². The van der Waals surface area contributed by atoms with Gasteiger partial charge in [-0.1, -0.05) is 27.7 Å². The van der Waals surface area contributed by atoms with Gasteiger partial charge in [0.2, 0.25) is 0 Å². The van der Waals surface area contributed by atoms with Gasteiger partial charge in [0.05, 0.1) is 23.5 Å². The van der Waals surface area contributed by atoms with Crippen LogP contribution in [0.25, 0.3) is 5.70 Å². The molecule has 2 saturated heterocycles. The van der Waals surface area contributed by atoms with Gasteiger partial charge in [-0.3, -0.25) is 19.4 Å². The lowest BCUT2D eigenvalue weighted by molar-refractivity contribution is -0.295. The smallest absolute Gasteiger partial charge is 0.407 e. The van der Waals surface area contributed by atoms with Crippen LogP contribution in [-0.4, -0.2) is 143 Å². The highest BCUT2D eigenvalue weighted by atomic mass is 16.7. The molecule has 0 bridgehead atoms. The van der Waals surface area contributed by atoms with E-state index < -0.39 is 77.8 Å². The topological polar surface area (TPSA) is 194 Å². The number of ether oxygens (including phenoxy) is 4. The normalized spacial score (nSPS) is 32.7. The van der Waals surface area contributed by atoms with Crippen LogP contribution >= 0.6 is 0 Å². The monoisotopic (exact) mass is 832 g/mol. The molecule has 2 fully saturated rings. The van der Waals surface area contributed by atoms with E-state index in [0.29, 0.717) is 37.9 Å². The largest absolute Gasteiger partial charge is 0.465 e. The van der Waals surface area contributed by atoms with E-state index in [2.05, 4.69) is 18.1 Å². The van der Waals surface area contributed by atoms with Gasteiger partial charge in [0.1, 0.15) is 23.9 Å². The number of carbonyl (C=O) groups excluding carboxylic acids is 3. The Hall–Kier alpha value is -3.89. The maximum absolute atomic E-state index is 14.5. The molecule has 4 N–H and O–H groups in total. The molecule has 3 heterocycles. The number of amides is 1. The summed E-state index contributed by atoms with van der Waals surface area (Å²) in [4.78, 5) is 64.5. The van der Waals surface area contributed by atoms with E-state index in [0.717, 1.165) is 5.56 Å². The van der Waals surface area contributed by atoms with Crippen molar-refractivity contribution in [3.63, 3.8) is 0 Å². The van der Waals surface area contributed by atoms with E-state index in [1.807, 2.05) is 57.1 Å². The molecule has 2 aliphatic heterocycles. The molecular formula is C44H73N5O10. The number of esters is 1. The molecular weight excluding hydrogens is 759 g/mol. The highest BCUT2D eigenvalue weighted by Gasteiger charge is 2.50. The molecule has 3 rings (SSSR count). The molecule has 0 aliphatic carbocycles. The number of rotatable bonds is 13. The number of pyridine rings is 1. The molecule has 334 valence electrons. The molecule has 15 heteroatoms. The zero-order valence-corrected chi connectivity index (χ0v) is 37.3. The van der Waals surface area contributed by atoms with Gasteiger partial charge < -0.3 is 49.6 Å². The summed E-state index contributed by atoms with van der Waals surface area (Å²) in [7, 11) is 7.08. The third-order valence-corrected chi connectivity index (χ3v) is 11.9. The van der Waals surface area contributed by atoms with Crippen LogP contribution in [0.15, 0.2) is 43.9 Å². The first-order chi connectivity index (χ1) is 27.8. The van der Waals surface area contributed by atoms with Crippen LogP contribution in [0, 0.1) is 23.7 Å². The summed E-state index contributed by atoms with van der Waals surface area (Å²) in [6.07, 6.45) is 1.89. The minimum absolute atomic E-state index is 0.0737. The lowest BCUT2D eigenvalue weighted by Crippen LogP contribution is -2.59. The summed E-state index contributed by atoms with van der Waals surface area (Å²) in [5.41, 5.74) is 6.31. The van der Waals surface area contributed by atoms with Crippen LogP contribution in [0.2, 0.25) is 0 Å². The van der Waals surface area contributed by atoms with Crippen molar-refractivity contribution in [3.8, 4) is 0 Å². The van der Waals surface area contributed by atoms with Gasteiger partial charge in [-0.15, -0.1) is 13.2 Å². The maximum atomic E-state index is 14.5. The van der Waals surface area contributed by atoms with Gasteiger partial charge in [-0.25, -0.2) is 4.79 Å². The molecule has 0 aromatic carbocycles. The number of Topliss-reactive ketones (excluding diaryl/α,β-unsaturated/α-hetero) is 2. The number of aromatic nitrogens is 1. The van der Waals surface area contributed by atoms with E-state index in [1.165, 1.54) is 18.9 Å². The van der Waals surface area contributed by atoms with Gasteiger partial charge in [-0.2, -0.15) is 0 Å². The molecule has 0 unspecified atom stereocenters. The van der Waals surface area contributed by atoms with Crippen molar-refractivity contribution in [2.45, 2.75) is 135 Å². The lowest BCUT2D eigenvalue weighted by atomic mass is 9.75. The van der Waals surface area contributed by atoms with Crippen molar-refractivity contribution in [1.29, 1.82) is 0 Å². The maximum Gasteiger partial charge on any atom is 0.407 e. The number of cyclic esters (lactones) is 1. The molecule has 1 aromatic rings. The average Bonchev–Trinajstić information content (AvgIpc) is 3.21. The molecule has 12 atom stereocenters. The molecule has 0 radical (unpaired) electrons. The molecule has 1 aromatic heterocycles. The number of nitrogens with two attached hydrogens (primary N) is 1. The van der Waals surface area contributed by atoms with E-state index in [1.54, 1.807) is 46.2 Å². The predicted molar refractivity (Wildman–Crippen MR) is 227 cm³/mol. The van der Waals surface area contributed by atoms with Gasteiger partial charge in [0.25, 0.3) is 0 Å². The minimum atomic E-state index is -1.29. The molecule has 0 saturated carbocycles. The fraction of sp³-hybridized carbons (Fsp3) is 0.705. The number of aliphatic hydroxyl groups is 1. The number of ketones is 2. The van der Waals surface area contributed by atoms with Crippen LogP contribution in [0.1, 0.15) is 92.6 Å². The Kier molecular flexibility index (Phi) is 20.7. The molecule has 15 nitrogen and oxygen atoms in total. The summed E-state index contributed by atoms with van der Waals surface area (Å²) in [6.45, 7) is 18.8. The Bertz CT molecular complexity index is 1530. The van der Waals surface area contributed by atoms with E-state index in [9.17, 15) is 29.4 Å². The van der Waals surface area contributed by atoms with Crippen molar-refractivity contribution in [2.24, 2.45) is 29.4 Å². The molecule has 1 amide bonds. The van der Waals surface area contributed by atoms with Crippen molar-refractivity contribution in [3.05, 3.63) is 49.4 Å². The second kappa shape index (κ2) is 23.8. The highest BCUT2D eigenvalue weighted by molar-refractivity contribution is 6.00. The SMILES string of the molecule is C=C.CC[C@@H]1C[C@H](N(CCCCN(C)/C=C(\N)c2cccnc2)C(=O)O)[C@@H](C)C(=O)[C@H](C)C[C@](C)(OC)[C@H](O[C@@H]2O[C@H](C)C[C@H](N(C)C)[C@H]2O)[C@@H](C)C(=O)[C@@H](C)C(=O)O1. The van der Waals surface area contributed by atoms with Crippen molar-refractivity contribution < 1.29 is 48.3 Å². The third-order valence-electron chi connectivity index (χ3n) is 11.9. The van der Waals surface area contributed by atoms with E-state index >= 15 is 0 Å². The number of hydrogen-bond donors (Lipinski definition) is 3. The molecule has 2 aliphatic rings. The van der Waals surface area contributed by atoms with Crippen LogP contribution < -0.4 is 5.73 Å². The number of methoxy groups -OCH3 is 1. The molecule has 59 heavy (non-hydrogen) atoms. The van der Waals surface area contributed by atoms with Crippen LogP contribution in [0.3, 0.4) is 0 Å². The van der Waals surface area contributed by atoms with Gasteiger partial charge in [-0.05, 0) is 79.1 Å². The predicted octanol–water partition coefficient (Wildman–Crippen LogP) is 5.22. The summed E-state index contributed by atoms with van der Waals surface area (Å²) in [5.74, 6) is -5.01. The first-order valence-electron chi connectivity index (χ1n) is 20.8. The zero-order chi connectivity index (χ0) is 44.8. The number of unbranched alkanes of at least 4 members (excludes halogenated alkanes) is 1. The minimum Gasteiger partial charge on any atom is -0.465 e. The standard InChI is InChI=1S/C42H69N5O10.C2H4/c1-12-31-21-33(47(41(52)53)19-14-13-18-46(10)24-32(43)30-16-15-17-44-23-30)27(4)35(48)25(2)22-42(7,54-11)38(28(5)36(49)29(6)39(51)56-31)57-40-37(50)34(45(8)9)20-26(3)55-40;1-2/h15-17,23-29,31,33-34,37-38,40,50H,12-14,18-22,43H2,1-11H3,(H,52,53);1-2H2/b32-24-;/t25-,26-,27-,28+,29-,31-,33+,34+,37-,38-,40+,42+;/m1./s1. The van der Waals surface area contributed by atoms with Crippen molar-refractivity contribution >= 4 is 29.3 Å². The Morgan fingerprint density at radius 2 is 1.68 bits per heavy atom. The zero-order valence-electron chi connectivity index (χ0n) is 37.3. The number of hydrogen-bond acceptors (Lipinski definition) is 13. The number of nitrogens with zero attached hydrogens (tertiary/aromatic N) is 4. The van der Waals surface area contributed by atoms with Crippen molar-refractivity contribution in [1.82, 2.24) is 19.7 Å². The Balaban J connectivity index is 0.00000590. The number of likely N-dealkylation sites (N-methyl/N-ethyl adjacent to an activating group) is 1. The second-order valence-corrected chi connectivity index (χ2v) is 16.6. The van der Waals surface area contributed by atoms with Gasteiger partial charge in [0, 0.05) is 87.7 Å². The fourth-order valence-electron chi connectivity index (χ4n) is 8.30. The highest BCUT2D eigenvalue weighted by Crippen LogP contribution is 2.38. The van der Waals surface area contributed by atoms with E-state index in [4.69, 9.17) is 24.7 Å². The Morgan fingerprint density at radius 1 is 1.03 bits per heavy atom. The number of carbonyl (C=O) groups is 4. The van der Waals surface area contributed by atoms with Crippen molar-refractivity contribution in [2.75, 3.05) is 41.3 Å². The summed E-state index contributed by atoms with van der Waals surface area (Å²) in [5, 5.41) is 22.0. The second-order valence-electron chi connectivity index (χ2n) is 16.6. The lowest BCUT2D eigenvalue weighted by Gasteiger charge is -2.47. The Labute approximate surface area is 352 Å². The number of carboxylic acid groups (broad SMARTS) is 1. The fourth-order valence-corrected chi connectivity index (χ4v) is 8.30. The van der Waals surface area contributed by atoms with Crippen LogP contribution in [0.5, 0.6) is 0 Å². The third kappa shape index (κ3) is 13.8. The first kappa shape index (κ1) is 51.3. The summed E-state index contributed by atoms with van der Waals surface area (Å²) < 4.78 is 24.8. The van der Waals surface area contributed by atoms with Gasteiger partial charge in [0.15, 0.2) is 12.1 Å². The van der Waals surface area contributed by atoms with E-state index in [-0.39, 0.29) is 37.3 Å². The number of aliphatic hydroxyl groups excluding tert-OH is 1. The Morgan fingerprint density at radius 3 is 2.24 bits per heavy atom. The first-order valence-corrected chi connectivity index (χ1v) is 20.8. The van der Waals surface area contributed by atoms with Crippen LogP contribution in [0.4, 0.5) is 4.79 Å². The summed E-state index contributed by atoms with van der Waals surface area (Å²) >= 11 is 0.